The molecule has 0 bridgehead atoms. The van der Waals surface area contributed by atoms with Crippen molar-refractivity contribution < 1.29 is 9.90 Å². The monoisotopic (exact) mass is 284 g/mol. The quantitative estimate of drug-likeness (QED) is 0.665. The van der Waals surface area contributed by atoms with Crippen LogP contribution in [0, 0.1) is 22.7 Å². The van der Waals surface area contributed by atoms with Crippen LogP contribution in [-0.4, -0.2) is 10.9 Å². The van der Waals surface area contributed by atoms with Crippen molar-refractivity contribution in [3.63, 3.8) is 0 Å². The van der Waals surface area contributed by atoms with Crippen molar-refractivity contribution in [2.75, 3.05) is 0 Å². The molecule has 0 saturated heterocycles. The molecular weight excluding hydrogens is 260 g/mol. The lowest BCUT2D eigenvalue weighted by atomic mass is 9.53. The Labute approximate surface area is 126 Å². The van der Waals surface area contributed by atoms with Gasteiger partial charge in [0.1, 0.15) is 5.78 Å². The number of hydrogen-bond acceptors (Lipinski definition) is 2. The number of allylic oxidation sites excluding steroid dienone is 6. The number of aliphatic hydroxyl groups excluding tert-OH is 1. The second-order valence-electron chi connectivity index (χ2n) is 7.82. The van der Waals surface area contributed by atoms with Crippen LogP contribution in [0.3, 0.4) is 0 Å². The molecule has 1 fully saturated rings. The average molecular weight is 284 g/mol. The lowest BCUT2D eigenvalue weighted by Gasteiger charge is -2.50. The maximum Gasteiger partial charge on any atom is 0.139 e. The topological polar surface area (TPSA) is 37.3 Å². The van der Waals surface area contributed by atoms with Crippen molar-refractivity contribution in [2.24, 2.45) is 22.7 Å². The number of fused-ring (bicyclic) bond motifs is 5. The van der Waals surface area contributed by atoms with Gasteiger partial charge in [-0.2, -0.15) is 0 Å². The molecule has 0 radical (unpaired) electrons. The minimum Gasteiger partial charge on any atom is -0.512 e. The van der Waals surface area contributed by atoms with E-state index in [1.807, 2.05) is 6.08 Å². The molecular formula is C19H24O2. The third-order valence-electron chi connectivity index (χ3n) is 6.84. The molecule has 0 amide bonds. The Morgan fingerprint density at radius 2 is 2.05 bits per heavy atom. The van der Waals surface area contributed by atoms with Crippen molar-refractivity contribution in [1.29, 1.82) is 0 Å². The van der Waals surface area contributed by atoms with Crippen molar-refractivity contribution in [1.82, 2.24) is 0 Å². The van der Waals surface area contributed by atoms with Crippen LogP contribution in [-0.2, 0) is 4.79 Å². The summed E-state index contributed by atoms with van der Waals surface area (Å²) < 4.78 is 0. The van der Waals surface area contributed by atoms with E-state index in [1.54, 1.807) is 5.57 Å². The standard InChI is InChI=1S/C19H24O2/c1-18-9-7-13(20)11-12(18)3-4-14-15-5-6-17(21)19(15,2)10-8-16(14)18/h3,8,11,14-15,20H,4-7,9-10H2,1-2H3. The second kappa shape index (κ2) is 4.12. The van der Waals surface area contributed by atoms with E-state index in [0.29, 0.717) is 23.4 Å². The Balaban J connectivity index is 1.79. The van der Waals surface area contributed by atoms with Crippen LogP contribution in [0.4, 0.5) is 0 Å². The highest BCUT2D eigenvalue weighted by molar-refractivity contribution is 5.87. The Bertz CT molecular complexity index is 609. The Hall–Kier alpha value is -1.31. The zero-order valence-corrected chi connectivity index (χ0v) is 13.0. The average Bonchev–Trinajstić information content (AvgIpc) is 2.76. The number of aliphatic hydroxyl groups is 1. The van der Waals surface area contributed by atoms with Crippen LogP contribution in [0.15, 0.2) is 35.1 Å². The van der Waals surface area contributed by atoms with E-state index >= 15 is 0 Å². The maximum atomic E-state index is 12.3. The number of rotatable bonds is 0. The van der Waals surface area contributed by atoms with Gasteiger partial charge in [0.15, 0.2) is 0 Å². The fourth-order valence-electron chi connectivity index (χ4n) is 5.41. The van der Waals surface area contributed by atoms with E-state index in [9.17, 15) is 9.90 Å². The van der Waals surface area contributed by atoms with Gasteiger partial charge in [-0.3, -0.25) is 4.79 Å². The van der Waals surface area contributed by atoms with Crippen molar-refractivity contribution in [3.8, 4) is 0 Å². The lowest BCUT2D eigenvalue weighted by Crippen LogP contribution is -2.43. The van der Waals surface area contributed by atoms with Gasteiger partial charge in [0.25, 0.3) is 0 Å². The molecule has 4 unspecified atom stereocenters. The van der Waals surface area contributed by atoms with Gasteiger partial charge < -0.3 is 5.11 Å². The summed E-state index contributed by atoms with van der Waals surface area (Å²) in [6.45, 7) is 4.52. The zero-order valence-electron chi connectivity index (χ0n) is 13.0. The van der Waals surface area contributed by atoms with Gasteiger partial charge >= 0.3 is 0 Å². The summed E-state index contributed by atoms with van der Waals surface area (Å²) in [5, 5.41) is 9.84. The highest BCUT2D eigenvalue weighted by Gasteiger charge is 2.54. The minimum atomic E-state index is -0.109. The first-order valence-electron chi connectivity index (χ1n) is 8.29. The van der Waals surface area contributed by atoms with E-state index in [4.69, 9.17) is 0 Å². The van der Waals surface area contributed by atoms with Crippen LogP contribution in [0.2, 0.25) is 0 Å². The molecule has 1 N–H and O–H groups in total. The van der Waals surface area contributed by atoms with E-state index in [1.165, 1.54) is 5.57 Å². The zero-order chi connectivity index (χ0) is 14.8. The smallest absolute Gasteiger partial charge is 0.139 e. The predicted octanol–water partition coefficient (Wildman–Crippen LogP) is 4.49. The number of hydrogen-bond donors (Lipinski definition) is 1. The summed E-state index contributed by atoms with van der Waals surface area (Å²) in [6, 6.07) is 0. The third-order valence-corrected chi connectivity index (χ3v) is 6.84. The molecule has 112 valence electrons. The molecule has 0 aromatic rings. The largest absolute Gasteiger partial charge is 0.512 e. The Kier molecular flexibility index (Phi) is 2.62. The Morgan fingerprint density at radius 3 is 2.86 bits per heavy atom. The first-order valence-corrected chi connectivity index (χ1v) is 8.29. The van der Waals surface area contributed by atoms with E-state index in [2.05, 4.69) is 26.0 Å². The third kappa shape index (κ3) is 1.62. The van der Waals surface area contributed by atoms with Crippen LogP contribution in [0.25, 0.3) is 0 Å². The van der Waals surface area contributed by atoms with Crippen LogP contribution < -0.4 is 0 Å². The molecule has 0 heterocycles. The molecule has 2 nitrogen and oxygen atoms in total. The lowest BCUT2D eigenvalue weighted by molar-refractivity contribution is -0.127. The van der Waals surface area contributed by atoms with E-state index in [-0.39, 0.29) is 10.8 Å². The molecule has 0 aromatic heterocycles. The molecule has 2 heteroatoms. The molecule has 0 aliphatic heterocycles. The van der Waals surface area contributed by atoms with Gasteiger partial charge in [-0.1, -0.05) is 31.6 Å². The van der Waals surface area contributed by atoms with Crippen LogP contribution in [0.1, 0.15) is 52.4 Å². The van der Waals surface area contributed by atoms with Gasteiger partial charge in [-0.25, -0.2) is 0 Å². The van der Waals surface area contributed by atoms with Gasteiger partial charge in [0.05, 0.1) is 5.76 Å². The van der Waals surface area contributed by atoms with E-state index < -0.39 is 0 Å². The Morgan fingerprint density at radius 1 is 1.24 bits per heavy atom. The molecule has 4 aliphatic carbocycles. The van der Waals surface area contributed by atoms with Crippen molar-refractivity contribution >= 4 is 5.78 Å². The van der Waals surface area contributed by atoms with Gasteiger partial charge in [0, 0.05) is 23.7 Å². The second-order valence-corrected chi connectivity index (χ2v) is 7.82. The molecule has 4 atom stereocenters. The first kappa shape index (κ1) is 13.4. The fourth-order valence-corrected chi connectivity index (χ4v) is 5.41. The maximum absolute atomic E-state index is 12.3. The highest BCUT2D eigenvalue weighted by Crippen LogP contribution is 2.61. The molecule has 21 heavy (non-hydrogen) atoms. The van der Waals surface area contributed by atoms with Crippen LogP contribution >= 0.6 is 0 Å². The van der Waals surface area contributed by atoms with Gasteiger partial charge in [-0.05, 0) is 49.2 Å². The molecule has 0 spiro atoms. The number of ketones is 1. The number of Topliss-reactive ketones (excluding diaryl/α,β-unsaturated/α-hetero) is 1. The van der Waals surface area contributed by atoms with Crippen molar-refractivity contribution in [3.05, 3.63) is 35.1 Å². The highest BCUT2D eigenvalue weighted by atomic mass is 16.3. The molecule has 4 aliphatic rings. The molecule has 0 aromatic carbocycles. The van der Waals surface area contributed by atoms with E-state index in [0.717, 1.165) is 38.5 Å². The summed E-state index contributed by atoms with van der Waals surface area (Å²) in [7, 11) is 0. The summed E-state index contributed by atoms with van der Waals surface area (Å²) in [5.41, 5.74) is 2.83. The summed E-state index contributed by atoms with van der Waals surface area (Å²) in [5.74, 6) is 2.06. The van der Waals surface area contributed by atoms with Crippen molar-refractivity contribution in [2.45, 2.75) is 52.4 Å². The fraction of sp³-hybridized carbons (Fsp3) is 0.632. The summed E-state index contributed by atoms with van der Waals surface area (Å²) >= 11 is 0. The van der Waals surface area contributed by atoms with Crippen LogP contribution in [0.5, 0.6) is 0 Å². The normalized spacial score (nSPS) is 45.0. The number of carbonyl (C=O) groups is 1. The molecule has 1 saturated carbocycles. The SMILES string of the molecule is CC12CCC(O)=CC1=CCC1C2=CCC2(C)C(=O)CCC12. The first-order chi connectivity index (χ1) is 9.95. The summed E-state index contributed by atoms with van der Waals surface area (Å²) in [4.78, 5) is 12.3. The predicted molar refractivity (Wildman–Crippen MR) is 82.8 cm³/mol. The number of carbonyl (C=O) groups excluding carboxylic acids is 1. The summed E-state index contributed by atoms with van der Waals surface area (Å²) in [6.07, 6.45) is 12.3. The molecule has 4 rings (SSSR count). The minimum absolute atomic E-state index is 0.0854. The van der Waals surface area contributed by atoms with Gasteiger partial charge in [-0.15, -0.1) is 0 Å². The van der Waals surface area contributed by atoms with Gasteiger partial charge in [0.2, 0.25) is 0 Å².